The molecule has 0 unspecified atom stereocenters. The minimum Gasteiger partial charge on any atom is -0.384 e. The average Bonchev–Trinajstić information content (AvgIpc) is 3.27. The molecule has 0 radical (unpaired) electrons. The van der Waals surface area contributed by atoms with Crippen LogP contribution in [0.15, 0.2) is 18.2 Å². The van der Waals surface area contributed by atoms with E-state index >= 15 is 0 Å². The zero-order valence-corrected chi connectivity index (χ0v) is 11.3. The lowest BCUT2D eigenvalue weighted by molar-refractivity contribution is -0.120. The highest BCUT2D eigenvalue weighted by molar-refractivity contribution is 5.97. The first kappa shape index (κ1) is 15.0. The summed E-state index contributed by atoms with van der Waals surface area (Å²) >= 11 is 0. The highest BCUT2D eigenvalue weighted by Crippen LogP contribution is 2.18. The van der Waals surface area contributed by atoms with Crippen LogP contribution in [0.1, 0.15) is 28.8 Å². The summed E-state index contributed by atoms with van der Waals surface area (Å²) in [5.41, 5.74) is 0.233. The van der Waals surface area contributed by atoms with Crippen molar-refractivity contribution in [3.8, 4) is 11.8 Å². The van der Waals surface area contributed by atoms with E-state index in [1.54, 1.807) is 0 Å². The summed E-state index contributed by atoms with van der Waals surface area (Å²) in [6, 6.07) is 4.03. The summed E-state index contributed by atoms with van der Waals surface area (Å²) in [5.74, 6) is 3.35. The number of rotatable bonds is 4. The summed E-state index contributed by atoms with van der Waals surface area (Å²) in [7, 11) is 0. The van der Waals surface area contributed by atoms with Crippen molar-refractivity contribution in [1.82, 2.24) is 10.6 Å². The predicted molar refractivity (Wildman–Crippen MR) is 73.9 cm³/mol. The van der Waals surface area contributed by atoms with Crippen LogP contribution in [0.25, 0.3) is 0 Å². The van der Waals surface area contributed by atoms with Crippen LogP contribution in [-0.4, -0.2) is 36.1 Å². The van der Waals surface area contributed by atoms with Crippen molar-refractivity contribution < 1.29 is 19.1 Å². The highest BCUT2D eigenvalue weighted by Gasteiger charge is 2.23. The van der Waals surface area contributed by atoms with Crippen molar-refractivity contribution in [2.24, 2.45) is 0 Å². The van der Waals surface area contributed by atoms with Gasteiger partial charge in [-0.25, -0.2) is 4.39 Å². The van der Waals surface area contributed by atoms with Crippen molar-refractivity contribution >= 4 is 11.8 Å². The molecule has 1 aliphatic rings. The Morgan fingerprint density at radius 2 is 2.14 bits per heavy atom. The highest BCUT2D eigenvalue weighted by atomic mass is 19.1. The Labute approximate surface area is 121 Å². The molecule has 0 spiro atoms. The molecular weight excluding hydrogens is 275 g/mol. The maximum absolute atomic E-state index is 13.6. The van der Waals surface area contributed by atoms with Gasteiger partial charge in [0, 0.05) is 11.6 Å². The number of nitrogens with one attached hydrogen (secondary N) is 2. The largest absolute Gasteiger partial charge is 0.384 e. The second-order valence-corrected chi connectivity index (χ2v) is 4.68. The number of carbonyl (C=O) groups is 2. The molecule has 2 rings (SSSR count). The van der Waals surface area contributed by atoms with Crippen LogP contribution in [0, 0.1) is 17.7 Å². The molecule has 0 aromatic heterocycles. The minimum absolute atomic E-state index is 0.182. The van der Waals surface area contributed by atoms with Crippen molar-refractivity contribution in [3.05, 3.63) is 35.1 Å². The number of benzene rings is 1. The first-order valence-electron chi connectivity index (χ1n) is 6.57. The van der Waals surface area contributed by atoms with Crippen LogP contribution in [0.5, 0.6) is 0 Å². The fourth-order valence-corrected chi connectivity index (χ4v) is 1.68. The molecule has 1 aromatic carbocycles. The lowest BCUT2D eigenvalue weighted by atomic mass is 10.1. The molecule has 0 atom stereocenters. The predicted octanol–water partition coefficient (Wildman–Crippen LogP) is 0.178. The summed E-state index contributed by atoms with van der Waals surface area (Å²) in [6.07, 6.45) is 1.92. The molecule has 21 heavy (non-hydrogen) atoms. The fourth-order valence-electron chi connectivity index (χ4n) is 1.68. The Morgan fingerprint density at radius 1 is 1.38 bits per heavy atom. The molecule has 1 saturated carbocycles. The Balaban J connectivity index is 1.98. The van der Waals surface area contributed by atoms with Crippen LogP contribution >= 0.6 is 0 Å². The molecule has 2 amide bonds. The Morgan fingerprint density at radius 3 is 2.81 bits per heavy atom. The summed E-state index contributed by atoms with van der Waals surface area (Å²) in [5, 5.41) is 13.7. The van der Waals surface area contributed by atoms with Gasteiger partial charge >= 0.3 is 0 Å². The Kier molecular flexibility index (Phi) is 4.90. The van der Waals surface area contributed by atoms with E-state index in [9.17, 15) is 14.0 Å². The average molecular weight is 290 g/mol. The zero-order chi connectivity index (χ0) is 15.2. The second-order valence-electron chi connectivity index (χ2n) is 4.68. The second kappa shape index (κ2) is 6.86. The van der Waals surface area contributed by atoms with E-state index in [2.05, 4.69) is 22.5 Å². The number of hydrogen-bond donors (Lipinski definition) is 3. The van der Waals surface area contributed by atoms with Crippen LogP contribution in [-0.2, 0) is 4.79 Å². The normalized spacial score (nSPS) is 13.0. The van der Waals surface area contributed by atoms with E-state index < -0.39 is 11.7 Å². The molecule has 0 heterocycles. The third-order valence-electron chi connectivity index (χ3n) is 2.87. The summed E-state index contributed by atoms with van der Waals surface area (Å²) < 4.78 is 13.6. The van der Waals surface area contributed by atoms with Gasteiger partial charge in [0.2, 0.25) is 5.91 Å². The molecule has 1 fully saturated rings. The molecule has 1 aromatic rings. The molecule has 110 valence electrons. The fraction of sp³-hybridized carbons (Fsp3) is 0.333. The van der Waals surface area contributed by atoms with Crippen molar-refractivity contribution in [2.45, 2.75) is 18.9 Å². The topological polar surface area (TPSA) is 78.4 Å². The van der Waals surface area contributed by atoms with E-state index in [1.165, 1.54) is 12.1 Å². The van der Waals surface area contributed by atoms with E-state index in [4.69, 9.17) is 5.11 Å². The van der Waals surface area contributed by atoms with Gasteiger partial charge in [0.1, 0.15) is 12.4 Å². The third-order valence-corrected chi connectivity index (χ3v) is 2.87. The maximum Gasteiger partial charge on any atom is 0.254 e. The monoisotopic (exact) mass is 290 g/mol. The Bertz CT molecular complexity index is 615. The number of amides is 2. The van der Waals surface area contributed by atoms with Crippen LogP contribution < -0.4 is 10.6 Å². The minimum atomic E-state index is -0.690. The zero-order valence-electron chi connectivity index (χ0n) is 11.3. The van der Waals surface area contributed by atoms with E-state index in [0.717, 1.165) is 18.9 Å². The Hall–Kier alpha value is -2.39. The van der Waals surface area contributed by atoms with E-state index in [-0.39, 0.29) is 30.7 Å². The van der Waals surface area contributed by atoms with E-state index in [0.29, 0.717) is 5.56 Å². The van der Waals surface area contributed by atoms with Gasteiger partial charge in [-0.15, -0.1) is 0 Å². The molecule has 5 nitrogen and oxygen atoms in total. The molecule has 6 heteroatoms. The van der Waals surface area contributed by atoms with Gasteiger partial charge in [-0.2, -0.15) is 0 Å². The van der Waals surface area contributed by atoms with Crippen molar-refractivity contribution in [3.63, 3.8) is 0 Å². The summed E-state index contributed by atoms with van der Waals surface area (Å²) in [6.45, 7) is -0.512. The number of aliphatic hydroxyl groups is 1. The lowest BCUT2D eigenvalue weighted by Crippen LogP contribution is -2.38. The van der Waals surface area contributed by atoms with Gasteiger partial charge in [-0.1, -0.05) is 11.8 Å². The first-order chi connectivity index (χ1) is 10.1. The van der Waals surface area contributed by atoms with E-state index in [1.807, 2.05) is 0 Å². The van der Waals surface area contributed by atoms with Gasteiger partial charge in [-0.05, 0) is 31.0 Å². The SMILES string of the molecule is O=C(CNC(=O)c1cc(C#CCO)ccc1F)NC1CC1. The van der Waals surface area contributed by atoms with Crippen LogP contribution in [0.4, 0.5) is 4.39 Å². The smallest absolute Gasteiger partial charge is 0.254 e. The lowest BCUT2D eigenvalue weighted by Gasteiger charge is -2.07. The number of aliphatic hydroxyl groups excluding tert-OH is 1. The molecule has 0 saturated heterocycles. The number of hydrogen-bond acceptors (Lipinski definition) is 3. The standard InChI is InChI=1S/C15H15FN2O3/c16-13-6-3-10(2-1-7-19)8-12(13)15(21)17-9-14(20)18-11-4-5-11/h3,6,8,11,19H,4-5,7,9H2,(H,17,21)(H,18,20). The summed E-state index contributed by atoms with van der Waals surface area (Å²) in [4.78, 5) is 23.3. The van der Waals surface area contributed by atoms with Crippen molar-refractivity contribution in [2.75, 3.05) is 13.2 Å². The van der Waals surface area contributed by atoms with Crippen molar-refractivity contribution in [1.29, 1.82) is 0 Å². The van der Waals surface area contributed by atoms with Gasteiger partial charge in [-0.3, -0.25) is 9.59 Å². The number of carbonyl (C=O) groups excluding carboxylic acids is 2. The molecular formula is C15H15FN2O3. The quantitative estimate of drug-likeness (QED) is 0.692. The third kappa shape index (κ3) is 4.58. The van der Waals surface area contributed by atoms with Gasteiger partial charge in [0.15, 0.2) is 0 Å². The van der Waals surface area contributed by atoms with Crippen LogP contribution in [0.2, 0.25) is 0 Å². The molecule has 3 N–H and O–H groups in total. The molecule has 0 bridgehead atoms. The molecule has 0 aliphatic heterocycles. The van der Waals surface area contributed by atoms with Gasteiger partial charge in [0.05, 0.1) is 12.1 Å². The number of halogens is 1. The maximum atomic E-state index is 13.6. The first-order valence-corrected chi connectivity index (χ1v) is 6.57. The van der Waals surface area contributed by atoms with Gasteiger partial charge < -0.3 is 15.7 Å². The van der Waals surface area contributed by atoms with Gasteiger partial charge in [0.25, 0.3) is 5.91 Å². The molecule has 1 aliphatic carbocycles. The van der Waals surface area contributed by atoms with Crippen LogP contribution in [0.3, 0.4) is 0 Å².